The number of hydrogen-bond donors (Lipinski definition) is 1. The molecule has 1 aromatic heterocycles. The van der Waals surface area contributed by atoms with E-state index in [1.807, 2.05) is 23.0 Å². The van der Waals surface area contributed by atoms with Crippen molar-refractivity contribution in [3.8, 4) is 6.07 Å². The van der Waals surface area contributed by atoms with Gasteiger partial charge in [0.15, 0.2) is 0 Å². The van der Waals surface area contributed by atoms with Crippen LogP contribution < -0.4 is 5.32 Å². The summed E-state index contributed by atoms with van der Waals surface area (Å²) in [5.74, 6) is -0.491. The van der Waals surface area contributed by atoms with Gasteiger partial charge in [-0.2, -0.15) is 10.4 Å². The molecule has 0 bridgehead atoms. The van der Waals surface area contributed by atoms with E-state index in [9.17, 15) is 4.39 Å². The summed E-state index contributed by atoms with van der Waals surface area (Å²) < 4.78 is 15.1. The molecule has 92 valence electrons. The molecule has 0 unspecified atom stereocenters. The first-order valence-electron chi connectivity index (χ1n) is 5.71. The van der Waals surface area contributed by atoms with Gasteiger partial charge in [-0.1, -0.05) is 6.07 Å². The smallest absolute Gasteiger partial charge is 0.143 e. The van der Waals surface area contributed by atoms with E-state index in [1.54, 1.807) is 18.3 Å². The zero-order valence-corrected chi connectivity index (χ0v) is 9.81. The van der Waals surface area contributed by atoms with Gasteiger partial charge >= 0.3 is 0 Å². The molecule has 1 N–H and O–H groups in total. The molecule has 18 heavy (non-hydrogen) atoms. The van der Waals surface area contributed by atoms with Gasteiger partial charge in [0.05, 0.1) is 5.69 Å². The largest absolute Gasteiger partial charge is 0.384 e. The van der Waals surface area contributed by atoms with Crippen LogP contribution in [-0.2, 0) is 6.54 Å². The van der Waals surface area contributed by atoms with E-state index < -0.39 is 5.82 Å². The van der Waals surface area contributed by atoms with Gasteiger partial charge in [-0.05, 0) is 24.6 Å². The van der Waals surface area contributed by atoms with Gasteiger partial charge in [-0.25, -0.2) is 4.39 Å². The van der Waals surface area contributed by atoms with Crippen LogP contribution in [0.1, 0.15) is 12.0 Å². The summed E-state index contributed by atoms with van der Waals surface area (Å²) in [6, 6.07) is 8.31. The number of rotatable bonds is 5. The molecule has 1 heterocycles. The Kier molecular flexibility index (Phi) is 3.92. The molecule has 2 rings (SSSR count). The minimum atomic E-state index is -0.491. The first-order valence-corrected chi connectivity index (χ1v) is 5.71. The molecule has 0 saturated carbocycles. The molecular weight excluding hydrogens is 231 g/mol. The molecule has 0 radical (unpaired) electrons. The number of aromatic nitrogens is 2. The molecule has 0 aliphatic heterocycles. The van der Waals surface area contributed by atoms with Gasteiger partial charge in [-0.3, -0.25) is 4.68 Å². The van der Waals surface area contributed by atoms with Crippen LogP contribution in [0.2, 0.25) is 0 Å². The molecule has 0 spiro atoms. The fourth-order valence-corrected chi connectivity index (χ4v) is 1.68. The predicted molar refractivity (Wildman–Crippen MR) is 66.4 cm³/mol. The van der Waals surface area contributed by atoms with Gasteiger partial charge in [-0.15, -0.1) is 0 Å². The van der Waals surface area contributed by atoms with E-state index in [4.69, 9.17) is 5.26 Å². The molecule has 0 fully saturated rings. The minimum Gasteiger partial charge on any atom is -0.384 e. The third-order valence-corrected chi connectivity index (χ3v) is 2.56. The highest BCUT2D eigenvalue weighted by atomic mass is 19.1. The van der Waals surface area contributed by atoms with E-state index in [-0.39, 0.29) is 5.56 Å². The summed E-state index contributed by atoms with van der Waals surface area (Å²) in [4.78, 5) is 0. The van der Waals surface area contributed by atoms with E-state index in [1.165, 1.54) is 6.07 Å². The highest BCUT2D eigenvalue weighted by Crippen LogP contribution is 2.17. The number of nitrogens with one attached hydrogen (secondary N) is 1. The minimum absolute atomic E-state index is 0.0663. The van der Waals surface area contributed by atoms with Crippen molar-refractivity contribution in [1.82, 2.24) is 9.78 Å². The summed E-state index contributed by atoms with van der Waals surface area (Å²) in [5.41, 5.74) is 0.606. The van der Waals surface area contributed by atoms with Gasteiger partial charge in [0, 0.05) is 25.5 Å². The van der Waals surface area contributed by atoms with Gasteiger partial charge in [0.1, 0.15) is 17.4 Å². The normalized spacial score (nSPS) is 10.0. The van der Waals surface area contributed by atoms with Crippen molar-refractivity contribution in [3.63, 3.8) is 0 Å². The van der Waals surface area contributed by atoms with Crippen molar-refractivity contribution >= 4 is 5.69 Å². The molecule has 5 heteroatoms. The zero-order chi connectivity index (χ0) is 12.8. The number of benzene rings is 1. The first kappa shape index (κ1) is 12.1. The number of anilines is 1. The molecule has 2 aromatic rings. The number of nitrogens with zero attached hydrogens (tertiary/aromatic N) is 3. The van der Waals surface area contributed by atoms with E-state index in [0.29, 0.717) is 12.2 Å². The standard InChI is InChI=1S/C13H13FN4/c14-12-4-1-5-13(11(12)10-15)16-6-2-8-18-9-3-7-17-18/h1,3-5,7,9,16H,2,6,8H2. The van der Waals surface area contributed by atoms with Crippen LogP contribution in [0.4, 0.5) is 10.1 Å². The fraction of sp³-hybridized carbons (Fsp3) is 0.231. The maximum absolute atomic E-state index is 13.3. The average molecular weight is 244 g/mol. The van der Waals surface area contributed by atoms with Crippen molar-refractivity contribution in [1.29, 1.82) is 5.26 Å². The lowest BCUT2D eigenvalue weighted by Crippen LogP contribution is -2.08. The molecule has 4 nitrogen and oxygen atoms in total. The molecule has 1 aromatic carbocycles. The maximum Gasteiger partial charge on any atom is 0.143 e. The Bertz CT molecular complexity index is 543. The van der Waals surface area contributed by atoms with E-state index in [0.717, 1.165) is 13.0 Å². The second-order valence-electron chi connectivity index (χ2n) is 3.82. The first-order chi connectivity index (χ1) is 8.81. The second-order valence-corrected chi connectivity index (χ2v) is 3.82. The molecule has 0 saturated heterocycles. The fourth-order valence-electron chi connectivity index (χ4n) is 1.68. The summed E-state index contributed by atoms with van der Waals surface area (Å²) in [7, 11) is 0. The quantitative estimate of drug-likeness (QED) is 0.822. The molecule has 0 amide bonds. The summed E-state index contributed by atoms with van der Waals surface area (Å²) in [6.07, 6.45) is 4.47. The summed E-state index contributed by atoms with van der Waals surface area (Å²) in [6.45, 7) is 1.45. The summed E-state index contributed by atoms with van der Waals surface area (Å²) >= 11 is 0. The van der Waals surface area contributed by atoms with Crippen LogP contribution in [0.3, 0.4) is 0 Å². The number of aryl methyl sites for hydroxylation is 1. The lowest BCUT2D eigenvalue weighted by atomic mass is 10.2. The van der Waals surface area contributed by atoms with Crippen LogP contribution in [0.25, 0.3) is 0 Å². The van der Waals surface area contributed by atoms with Crippen molar-refractivity contribution in [2.45, 2.75) is 13.0 Å². The highest BCUT2D eigenvalue weighted by Gasteiger charge is 2.06. The SMILES string of the molecule is N#Cc1c(F)cccc1NCCCn1cccn1. The lowest BCUT2D eigenvalue weighted by molar-refractivity contribution is 0.591. The van der Waals surface area contributed by atoms with E-state index >= 15 is 0 Å². The molecule has 0 atom stereocenters. The molecule has 0 aliphatic rings. The highest BCUT2D eigenvalue weighted by molar-refractivity contribution is 5.57. The van der Waals surface area contributed by atoms with Crippen molar-refractivity contribution < 1.29 is 4.39 Å². The maximum atomic E-state index is 13.3. The lowest BCUT2D eigenvalue weighted by Gasteiger charge is -2.08. The third kappa shape index (κ3) is 2.86. The Morgan fingerprint density at radius 3 is 3.00 bits per heavy atom. The third-order valence-electron chi connectivity index (χ3n) is 2.56. The Hall–Kier alpha value is -2.35. The molecular formula is C13H13FN4. The van der Waals surface area contributed by atoms with Crippen molar-refractivity contribution in [3.05, 3.63) is 48.0 Å². The van der Waals surface area contributed by atoms with Crippen LogP contribution in [0, 0.1) is 17.1 Å². The van der Waals surface area contributed by atoms with Gasteiger partial charge in [0.25, 0.3) is 0 Å². The van der Waals surface area contributed by atoms with Gasteiger partial charge in [0.2, 0.25) is 0 Å². The number of nitriles is 1. The topological polar surface area (TPSA) is 53.6 Å². The number of halogens is 1. The van der Waals surface area contributed by atoms with Crippen molar-refractivity contribution in [2.75, 3.05) is 11.9 Å². The van der Waals surface area contributed by atoms with Gasteiger partial charge < -0.3 is 5.32 Å². The Morgan fingerprint density at radius 2 is 2.28 bits per heavy atom. The Morgan fingerprint density at radius 1 is 1.39 bits per heavy atom. The monoisotopic (exact) mass is 244 g/mol. The average Bonchev–Trinajstić information content (AvgIpc) is 2.88. The van der Waals surface area contributed by atoms with Crippen LogP contribution in [0.15, 0.2) is 36.7 Å². The number of hydrogen-bond acceptors (Lipinski definition) is 3. The van der Waals surface area contributed by atoms with Crippen LogP contribution >= 0.6 is 0 Å². The Balaban J connectivity index is 1.87. The van der Waals surface area contributed by atoms with Crippen LogP contribution in [-0.4, -0.2) is 16.3 Å². The predicted octanol–water partition coefficient (Wildman–Crippen LogP) is 2.40. The van der Waals surface area contributed by atoms with Crippen molar-refractivity contribution in [2.24, 2.45) is 0 Å². The summed E-state index contributed by atoms with van der Waals surface area (Å²) in [5, 5.41) is 16.0. The van der Waals surface area contributed by atoms with Crippen LogP contribution in [0.5, 0.6) is 0 Å². The molecule has 0 aliphatic carbocycles. The zero-order valence-electron chi connectivity index (χ0n) is 9.81. The second kappa shape index (κ2) is 5.82. The Labute approximate surface area is 105 Å². The van der Waals surface area contributed by atoms with E-state index in [2.05, 4.69) is 10.4 Å².